The summed E-state index contributed by atoms with van der Waals surface area (Å²) in [5.74, 6) is 0.748. The van der Waals surface area contributed by atoms with E-state index >= 15 is 0 Å². The lowest BCUT2D eigenvalue weighted by Crippen LogP contribution is -2.19. The van der Waals surface area contributed by atoms with Crippen molar-refractivity contribution >= 4 is 14.7 Å². The molecular formula is C20H30Si. The van der Waals surface area contributed by atoms with Crippen molar-refractivity contribution in [2.24, 2.45) is 5.92 Å². The largest absolute Gasteiger partial charge is 0.0664 e. The van der Waals surface area contributed by atoms with Gasteiger partial charge in [0.1, 0.15) is 0 Å². The van der Waals surface area contributed by atoms with Gasteiger partial charge in [0.2, 0.25) is 0 Å². The molecule has 0 nitrogen and oxygen atoms in total. The zero-order valence-corrected chi connectivity index (χ0v) is 16.1. The summed E-state index contributed by atoms with van der Waals surface area (Å²) in [5, 5.41) is 1.64. The van der Waals surface area contributed by atoms with Crippen molar-refractivity contribution in [3.05, 3.63) is 51.6 Å². The second kappa shape index (κ2) is 6.78. The lowest BCUT2D eigenvalue weighted by atomic mass is 9.94. The Morgan fingerprint density at radius 3 is 2.10 bits per heavy atom. The molecule has 0 heterocycles. The Kier molecular flexibility index (Phi) is 5.26. The lowest BCUT2D eigenvalue weighted by molar-refractivity contribution is 0.733. The van der Waals surface area contributed by atoms with Crippen molar-refractivity contribution in [2.75, 3.05) is 0 Å². The summed E-state index contributed by atoms with van der Waals surface area (Å²) in [6.45, 7) is 13.8. The fraction of sp³-hybridized carbons (Fsp3) is 0.500. The third-order valence-electron chi connectivity index (χ3n) is 5.10. The van der Waals surface area contributed by atoms with Gasteiger partial charge in [-0.1, -0.05) is 59.0 Å². The Hall–Kier alpha value is -1.08. The number of hydrogen-bond donors (Lipinski definition) is 0. The number of rotatable bonds is 5. The van der Waals surface area contributed by atoms with Crippen molar-refractivity contribution < 1.29 is 0 Å². The minimum absolute atomic E-state index is 0.178. The van der Waals surface area contributed by atoms with Crippen LogP contribution < -0.4 is 5.19 Å². The summed E-state index contributed by atoms with van der Waals surface area (Å²) in [7, 11) is -0.178. The highest BCUT2D eigenvalue weighted by atomic mass is 28.2. The van der Waals surface area contributed by atoms with Crippen LogP contribution in [-0.2, 0) is 0 Å². The summed E-state index contributed by atoms with van der Waals surface area (Å²) in [5.41, 5.74) is 9.39. The lowest BCUT2D eigenvalue weighted by Gasteiger charge is -2.18. The summed E-state index contributed by atoms with van der Waals surface area (Å²) >= 11 is 0. The van der Waals surface area contributed by atoms with Crippen molar-refractivity contribution in [3.63, 3.8) is 0 Å². The van der Waals surface area contributed by atoms with E-state index in [0.29, 0.717) is 0 Å². The molecule has 1 aromatic carbocycles. The molecule has 0 bridgehead atoms. The summed E-state index contributed by atoms with van der Waals surface area (Å²) < 4.78 is 0. The first-order valence-corrected chi connectivity index (χ1v) is 10.1. The van der Waals surface area contributed by atoms with Crippen molar-refractivity contribution in [1.29, 1.82) is 0 Å². The van der Waals surface area contributed by atoms with E-state index in [4.69, 9.17) is 0 Å². The second-order valence-corrected chi connectivity index (χ2v) is 8.69. The molecule has 0 saturated carbocycles. The van der Waals surface area contributed by atoms with Gasteiger partial charge in [0, 0.05) is 0 Å². The molecule has 0 radical (unpaired) electrons. The van der Waals surface area contributed by atoms with Gasteiger partial charge < -0.3 is 0 Å². The number of hydrogen-bond acceptors (Lipinski definition) is 0. The standard InChI is InChI=1S/C20H30Si/c1-7-8-19-16(5)15(4)17(6)20(19)12-21-18-10-13(2)9-14(3)11-18/h9-11,20H,7-8,12,21H2,1-6H3. The number of allylic oxidation sites excluding steroid dienone is 4. The fourth-order valence-electron chi connectivity index (χ4n) is 3.87. The van der Waals surface area contributed by atoms with E-state index < -0.39 is 0 Å². The van der Waals surface area contributed by atoms with Crippen LogP contribution in [0.4, 0.5) is 0 Å². The monoisotopic (exact) mass is 298 g/mol. The first kappa shape index (κ1) is 16.3. The quantitative estimate of drug-likeness (QED) is 0.697. The third-order valence-corrected chi connectivity index (χ3v) is 6.95. The molecule has 1 atom stereocenters. The number of aryl methyl sites for hydroxylation is 2. The van der Waals surface area contributed by atoms with Crippen molar-refractivity contribution in [1.82, 2.24) is 0 Å². The Labute approximate surface area is 133 Å². The Balaban J connectivity index is 2.15. The van der Waals surface area contributed by atoms with Crippen LogP contribution in [0.2, 0.25) is 6.04 Å². The minimum Gasteiger partial charge on any atom is -0.0664 e. The van der Waals surface area contributed by atoms with Gasteiger partial charge in [-0.15, -0.1) is 0 Å². The highest BCUT2D eigenvalue weighted by Crippen LogP contribution is 2.41. The van der Waals surface area contributed by atoms with E-state index in [2.05, 4.69) is 59.7 Å². The van der Waals surface area contributed by atoms with Crippen LogP contribution in [-0.4, -0.2) is 9.52 Å². The molecular weight excluding hydrogens is 268 g/mol. The number of benzene rings is 1. The summed E-state index contributed by atoms with van der Waals surface area (Å²) in [6.07, 6.45) is 2.56. The molecule has 1 heteroatoms. The molecule has 0 spiro atoms. The third kappa shape index (κ3) is 3.57. The summed E-state index contributed by atoms with van der Waals surface area (Å²) in [6, 6.07) is 8.51. The predicted octanol–water partition coefficient (Wildman–Crippen LogP) is 4.60. The highest BCUT2D eigenvalue weighted by molar-refractivity contribution is 6.53. The Morgan fingerprint density at radius 2 is 1.52 bits per heavy atom. The molecule has 0 amide bonds. The van der Waals surface area contributed by atoms with Gasteiger partial charge in [0.25, 0.3) is 0 Å². The van der Waals surface area contributed by atoms with E-state index in [1.165, 1.54) is 30.0 Å². The fourth-order valence-corrected chi connectivity index (χ4v) is 6.20. The maximum Gasteiger partial charge on any atom is 0.0556 e. The molecule has 1 aromatic rings. The zero-order valence-electron chi connectivity index (χ0n) is 14.6. The molecule has 1 unspecified atom stereocenters. The van der Waals surface area contributed by atoms with E-state index in [-0.39, 0.29) is 9.52 Å². The molecule has 0 fully saturated rings. The predicted molar refractivity (Wildman–Crippen MR) is 98.4 cm³/mol. The highest BCUT2D eigenvalue weighted by Gasteiger charge is 2.26. The van der Waals surface area contributed by atoms with Gasteiger partial charge in [-0.25, -0.2) is 0 Å². The van der Waals surface area contributed by atoms with E-state index in [9.17, 15) is 0 Å². The van der Waals surface area contributed by atoms with Gasteiger partial charge in [0.05, 0.1) is 9.52 Å². The van der Waals surface area contributed by atoms with Crippen LogP contribution in [0, 0.1) is 19.8 Å². The first-order chi connectivity index (χ1) is 9.93. The smallest absolute Gasteiger partial charge is 0.0556 e. The van der Waals surface area contributed by atoms with Gasteiger partial charge in [0.15, 0.2) is 0 Å². The Morgan fingerprint density at radius 1 is 0.905 bits per heavy atom. The SMILES string of the molecule is CCCC1=C(C)C(C)=C(C)C1C[SiH2]c1cc(C)cc(C)c1. The summed E-state index contributed by atoms with van der Waals surface area (Å²) in [4.78, 5) is 0. The Bertz CT molecular complexity index is 570. The molecule has 0 N–H and O–H groups in total. The molecule has 0 aromatic heterocycles. The molecule has 0 saturated heterocycles. The maximum absolute atomic E-state index is 2.41. The molecule has 1 aliphatic rings. The van der Waals surface area contributed by atoms with Crippen LogP contribution in [0.3, 0.4) is 0 Å². The van der Waals surface area contributed by atoms with Crippen LogP contribution in [0.25, 0.3) is 0 Å². The molecule has 1 aliphatic carbocycles. The molecule has 21 heavy (non-hydrogen) atoms. The van der Waals surface area contributed by atoms with Crippen LogP contribution in [0.1, 0.15) is 51.7 Å². The van der Waals surface area contributed by atoms with Crippen LogP contribution in [0.15, 0.2) is 40.5 Å². The topological polar surface area (TPSA) is 0 Å². The molecule has 114 valence electrons. The van der Waals surface area contributed by atoms with Gasteiger partial charge in [-0.2, -0.15) is 0 Å². The van der Waals surface area contributed by atoms with Crippen molar-refractivity contribution in [3.8, 4) is 0 Å². The van der Waals surface area contributed by atoms with Crippen molar-refractivity contribution in [2.45, 2.75) is 60.4 Å². The second-order valence-electron chi connectivity index (χ2n) is 6.80. The first-order valence-electron chi connectivity index (χ1n) is 8.38. The van der Waals surface area contributed by atoms with Gasteiger partial charge in [-0.3, -0.25) is 0 Å². The zero-order chi connectivity index (χ0) is 15.6. The molecule has 2 rings (SSSR count). The minimum atomic E-state index is -0.178. The van der Waals surface area contributed by atoms with Crippen LogP contribution >= 0.6 is 0 Å². The van der Waals surface area contributed by atoms with E-state index in [1.807, 2.05) is 0 Å². The van der Waals surface area contributed by atoms with Gasteiger partial charge in [-0.05, 0) is 64.1 Å². The molecule has 0 aliphatic heterocycles. The normalized spacial score (nSPS) is 19.4. The average Bonchev–Trinajstić information content (AvgIpc) is 2.61. The van der Waals surface area contributed by atoms with E-state index in [0.717, 1.165) is 5.92 Å². The van der Waals surface area contributed by atoms with Gasteiger partial charge >= 0.3 is 0 Å². The average molecular weight is 299 g/mol. The maximum atomic E-state index is 2.41. The van der Waals surface area contributed by atoms with Crippen LogP contribution in [0.5, 0.6) is 0 Å². The van der Waals surface area contributed by atoms with E-state index in [1.54, 1.807) is 27.5 Å².